The Bertz CT molecular complexity index is 1160. The fraction of sp³-hybridized carbons (Fsp3) is 0.385. The zero-order valence-corrected chi connectivity index (χ0v) is 20.1. The van der Waals surface area contributed by atoms with Crippen molar-refractivity contribution in [1.82, 2.24) is 15.1 Å². The average molecular weight is 468 g/mol. The number of H-pyrrole nitrogens is 1. The SMILES string of the molecule is CCCCCOc1cccc(C2c3c(-c4cc(Cl)c(C)cc4O)n[nH]c3C(=O)N2CCC)c1. The number of phenols is 1. The van der Waals surface area contributed by atoms with Crippen molar-refractivity contribution in [3.63, 3.8) is 0 Å². The zero-order chi connectivity index (χ0) is 23.5. The Kier molecular flexibility index (Phi) is 6.94. The molecule has 4 rings (SSSR count). The number of aromatic hydroxyl groups is 1. The third kappa shape index (κ3) is 4.44. The summed E-state index contributed by atoms with van der Waals surface area (Å²) in [5, 5.41) is 18.6. The van der Waals surface area contributed by atoms with Gasteiger partial charge >= 0.3 is 0 Å². The van der Waals surface area contributed by atoms with Crippen LogP contribution in [0.15, 0.2) is 36.4 Å². The predicted molar refractivity (Wildman–Crippen MR) is 130 cm³/mol. The molecule has 6 nitrogen and oxygen atoms in total. The fourth-order valence-corrected chi connectivity index (χ4v) is 4.56. The van der Waals surface area contributed by atoms with E-state index in [-0.39, 0.29) is 17.7 Å². The van der Waals surface area contributed by atoms with E-state index in [9.17, 15) is 9.90 Å². The van der Waals surface area contributed by atoms with Crippen LogP contribution in [0.2, 0.25) is 5.02 Å². The summed E-state index contributed by atoms with van der Waals surface area (Å²) in [4.78, 5) is 15.1. The number of carbonyl (C=O) groups is 1. The van der Waals surface area contributed by atoms with Crippen LogP contribution in [0.1, 0.15) is 72.8 Å². The lowest BCUT2D eigenvalue weighted by Crippen LogP contribution is -2.30. The number of benzene rings is 2. The van der Waals surface area contributed by atoms with Gasteiger partial charge in [-0.1, -0.05) is 50.4 Å². The Morgan fingerprint density at radius 2 is 2.00 bits per heavy atom. The van der Waals surface area contributed by atoms with Gasteiger partial charge in [0.1, 0.15) is 22.9 Å². The molecule has 33 heavy (non-hydrogen) atoms. The third-order valence-electron chi connectivity index (χ3n) is 6.05. The summed E-state index contributed by atoms with van der Waals surface area (Å²) in [6, 6.07) is 10.9. The Morgan fingerprint density at radius 1 is 1.18 bits per heavy atom. The maximum atomic E-state index is 13.3. The summed E-state index contributed by atoms with van der Waals surface area (Å²) in [6.07, 6.45) is 4.10. The van der Waals surface area contributed by atoms with Crippen LogP contribution in [0.4, 0.5) is 0 Å². The molecule has 2 aromatic carbocycles. The van der Waals surface area contributed by atoms with Gasteiger partial charge in [-0.2, -0.15) is 5.10 Å². The summed E-state index contributed by atoms with van der Waals surface area (Å²) < 4.78 is 5.98. The number of ether oxygens (including phenoxy) is 1. The monoisotopic (exact) mass is 467 g/mol. The first kappa shape index (κ1) is 23.2. The number of fused-ring (bicyclic) bond motifs is 1. The number of phenolic OH excluding ortho intramolecular Hbond substituents is 1. The van der Waals surface area contributed by atoms with E-state index in [1.54, 1.807) is 12.1 Å². The van der Waals surface area contributed by atoms with Crippen LogP contribution in [0.5, 0.6) is 11.5 Å². The van der Waals surface area contributed by atoms with Gasteiger partial charge < -0.3 is 14.7 Å². The van der Waals surface area contributed by atoms with E-state index in [1.807, 2.05) is 36.1 Å². The molecule has 0 fully saturated rings. The van der Waals surface area contributed by atoms with Gasteiger partial charge in [-0.15, -0.1) is 0 Å². The van der Waals surface area contributed by atoms with Crippen LogP contribution in [0.25, 0.3) is 11.3 Å². The molecule has 1 aromatic heterocycles. The maximum absolute atomic E-state index is 13.3. The molecular weight excluding hydrogens is 438 g/mol. The van der Waals surface area contributed by atoms with Gasteiger partial charge in [0.15, 0.2) is 0 Å². The smallest absolute Gasteiger partial charge is 0.273 e. The number of aryl methyl sites for hydroxylation is 1. The van der Waals surface area contributed by atoms with E-state index >= 15 is 0 Å². The largest absolute Gasteiger partial charge is 0.507 e. The van der Waals surface area contributed by atoms with E-state index in [0.717, 1.165) is 48.1 Å². The first-order chi connectivity index (χ1) is 16.0. The molecule has 2 N–H and O–H groups in total. The van der Waals surface area contributed by atoms with Crippen molar-refractivity contribution >= 4 is 17.5 Å². The number of nitrogens with zero attached hydrogens (tertiary/aromatic N) is 2. The molecule has 2 heterocycles. The van der Waals surface area contributed by atoms with Crippen molar-refractivity contribution in [3.05, 3.63) is 63.8 Å². The van der Waals surface area contributed by atoms with Gasteiger partial charge in [-0.05, 0) is 55.2 Å². The highest BCUT2D eigenvalue weighted by molar-refractivity contribution is 6.31. The highest BCUT2D eigenvalue weighted by Crippen LogP contribution is 2.45. The van der Waals surface area contributed by atoms with Crippen molar-refractivity contribution in [1.29, 1.82) is 0 Å². The predicted octanol–water partition coefficient (Wildman–Crippen LogP) is 6.27. The van der Waals surface area contributed by atoms with Gasteiger partial charge in [0.05, 0.1) is 12.6 Å². The molecule has 0 bridgehead atoms. The second-order valence-corrected chi connectivity index (χ2v) is 8.92. The van der Waals surface area contributed by atoms with Gasteiger partial charge in [0.25, 0.3) is 5.91 Å². The Morgan fingerprint density at radius 3 is 2.76 bits per heavy atom. The molecule has 1 aliphatic rings. The normalized spacial score (nSPS) is 15.2. The quantitative estimate of drug-likeness (QED) is 0.363. The lowest BCUT2D eigenvalue weighted by Gasteiger charge is -2.26. The minimum absolute atomic E-state index is 0.0827. The first-order valence-corrected chi connectivity index (χ1v) is 12.0. The summed E-state index contributed by atoms with van der Waals surface area (Å²) in [5.74, 6) is 0.772. The zero-order valence-electron chi connectivity index (χ0n) is 19.3. The summed E-state index contributed by atoms with van der Waals surface area (Å²) in [5.41, 5.74) is 3.98. The number of unbranched alkanes of at least 4 members (excludes halogenated alkanes) is 2. The lowest BCUT2D eigenvalue weighted by molar-refractivity contribution is 0.0743. The average Bonchev–Trinajstić information content (AvgIpc) is 3.34. The van der Waals surface area contributed by atoms with Crippen LogP contribution in [-0.4, -0.2) is 39.3 Å². The van der Waals surface area contributed by atoms with Crippen LogP contribution in [-0.2, 0) is 0 Å². The molecule has 0 spiro atoms. The first-order valence-electron chi connectivity index (χ1n) is 11.6. The Labute approximate surface area is 199 Å². The van der Waals surface area contributed by atoms with Crippen molar-refractivity contribution in [3.8, 4) is 22.8 Å². The molecule has 7 heteroatoms. The van der Waals surface area contributed by atoms with E-state index in [2.05, 4.69) is 24.0 Å². The van der Waals surface area contributed by atoms with Gasteiger partial charge in [0.2, 0.25) is 0 Å². The van der Waals surface area contributed by atoms with Crippen LogP contribution < -0.4 is 4.74 Å². The fourth-order valence-electron chi connectivity index (χ4n) is 4.39. The summed E-state index contributed by atoms with van der Waals surface area (Å²) in [6.45, 7) is 7.32. The second-order valence-electron chi connectivity index (χ2n) is 8.51. The van der Waals surface area contributed by atoms with Crippen LogP contribution in [0.3, 0.4) is 0 Å². The minimum Gasteiger partial charge on any atom is -0.507 e. The number of carbonyl (C=O) groups excluding carboxylic acids is 1. The van der Waals surface area contributed by atoms with Crippen LogP contribution in [0, 0.1) is 6.92 Å². The number of amides is 1. The lowest BCUT2D eigenvalue weighted by atomic mass is 9.95. The molecule has 1 unspecified atom stereocenters. The summed E-state index contributed by atoms with van der Waals surface area (Å²) in [7, 11) is 0. The van der Waals surface area contributed by atoms with E-state index < -0.39 is 0 Å². The molecule has 1 aliphatic heterocycles. The number of aromatic nitrogens is 2. The number of hydrogen-bond acceptors (Lipinski definition) is 4. The van der Waals surface area contributed by atoms with Gasteiger partial charge in [-0.3, -0.25) is 9.89 Å². The molecule has 0 saturated heterocycles. The Hall–Kier alpha value is -2.99. The molecule has 1 amide bonds. The highest BCUT2D eigenvalue weighted by Gasteiger charge is 2.42. The summed E-state index contributed by atoms with van der Waals surface area (Å²) >= 11 is 6.36. The minimum atomic E-state index is -0.333. The molecule has 1 atom stereocenters. The molecule has 0 saturated carbocycles. The number of hydrogen-bond donors (Lipinski definition) is 2. The maximum Gasteiger partial charge on any atom is 0.273 e. The molecule has 174 valence electrons. The van der Waals surface area contributed by atoms with E-state index in [1.165, 1.54) is 0 Å². The van der Waals surface area contributed by atoms with Crippen molar-refractivity contribution < 1.29 is 14.6 Å². The third-order valence-corrected chi connectivity index (χ3v) is 6.46. The highest BCUT2D eigenvalue weighted by atomic mass is 35.5. The van der Waals surface area contributed by atoms with Crippen molar-refractivity contribution in [2.24, 2.45) is 0 Å². The van der Waals surface area contributed by atoms with Crippen molar-refractivity contribution in [2.45, 2.75) is 52.5 Å². The number of nitrogens with one attached hydrogen (secondary N) is 1. The number of rotatable bonds is 9. The van der Waals surface area contributed by atoms with E-state index in [0.29, 0.717) is 35.1 Å². The molecular formula is C26H30ClN3O3. The Balaban J connectivity index is 1.78. The van der Waals surface area contributed by atoms with Crippen molar-refractivity contribution in [2.75, 3.05) is 13.2 Å². The number of aromatic amines is 1. The van der Waals surface area contributed by atoms with Gasteiger partial charge in [-0.25, -0.2) is 0 Å². The number of halogens is 1. The van der Waals surface area contributed by atoms with E-state index in [4.69, 9.17) is 16.3 Å². The molecule has 0 aliphatic carbocycles. The van der Waals surface area contributed by atoms with Crippen LogP contribution >= 0.6 is 11.6 Å². The standard InChI is InChI=1S/C26H30ClN3O3/c1-4-6-7-12-33-18-10-8-9-17(14-18)25-22-23(19-15-20(27)16(3)13-21(19)31)28-29-24(22)26(32)30(25)11-5-2/h8-10,13-15,25,31H,4-7,11-12H2,1-3H3,(H,28,29). The molecule has 3 aromatic rings. The van der Waals surface area contributed by atoms with Gasteiger partial charge in [0, 0.05) is 22.7 Å². The second kappa shape index (κ2) is 9.87. The molecule has 0 radical (unpaired) electrons. The topological polar surface area (TPSA) is 78.5 Å².